The van der Waals surface area contributed by atoms with Gasteiger partial charge < -0.3 is 10.6 Å². The second kappa shape index (κ2) is 5.97. The van der Waals surface area contributed by atoms with E-state index in [2.05, 4.69) is 17.6 Å². The molecule has 1 saturated carbocycles. The first-order chi connectivity index (χ1) is 6.33. The fourth-order valence-electron chi connectivity index (χ4n) is 1.32. The van der Waals surface area contributed by atoms with Crippen molar-refractivity contribution in [3.63, 3.8) is 0 Å². The van der Waals surface area contributed by atoms with E-state index in [0.29, 0.717) is 12.6 Å². The van der Waals surface area contributed by atoms with Gasteiger partial charge in [-0.3, -0.25) is 4.79 Å². The summed E-state index contributed by atoms with van der Waals surface area (Å²) in [5.41, 5.74) is 0. The van der Waals surface area contributed by atoms with E-state index in [1.807, 2.05) is 0 Å². The van der Waals surface area contributed by atoms with E-state index in [4.69, 9.17) is 0 Å². The normalized spacial score (nSPS) is 16.7. The standard InChI is InChI=1S/C10H20N2O/c1-2-3-7-11-10(13)8-12-9-5-4-6-9/h9,12H,2-8H2,1H3,(H,11,13). The molecule has 3 heteroatoms. The Morgan fingerprint density at radius 2 is 2.23 bits per heavy atom. The fourth-order valence-corrected chi connectivity index (χ4v) is 1.32. The van der Waals surface area contributed by atoms with Crippen molar-refractivity contribution in [1.29, 1.82) is 0 Å². The van der Waals surface area contributed by atoms with Gasteiger partial charge in [0, 0.05) is 12.6 Å². The highest BCUT2D eigenvalue weighted by Crippen LogP contribution is 2.17. The Labute approximate surface area is 80.3 Å². The number of unbranched alkanes of at least 4 members (excludes halogenated alkanes) is 1. The first kappa shape index (κ1) is 10.5. The van der Waals surface area contributed by atoms with E-state index in [1.165, 1.54) is 19.3 Å². The highest BCUT2D eigenvalue weighted by Gasteiger charge is 2.16. The molecule has 0 aromatic rings. The average Bonchev–Trinajstić information content (AvgIpc) is 2.02. The molecular weight excluding hydrogens is 164 g/mol. The molecule has 0 bridgehead atoms. The Balaban J connectivity index is 1.90. The van der Waals surface area contributed by atoms with Gasteiger partial charge in [-0.2, -0.15) is 0 Å². The van der Waals surface area contributed by atoms with E-state index in [-0.39, 0.29) is 5.91 Å². The molecule has 0 aliphatic heterocycles. The van der Waals surface area contributed by atoms with Crippen LogP contribution in [-0.4, -0.2) is 25.0 Å². The second-order valence-electron chi connectivity index (χ2n) is 3.71. The Hall–Kier alpha value is -0.570. The van der Waals surface area contributed by atoms with Crippen molar-refractivity contribution in [3.05, 3.63) is 0 Å². The van der Waals surface area contributed by atoms with Crippen molar-refractivity contribution < 1.29 is 4.79 Å². The number of rotatable bonds is 6. The molecule has 76 valence electrons. The van der Waals surface area contributed by atoms with Crippen LogP contribution in [0.1, 0.15) is 39.0 Å². The Morgan fingerprint density at radius 1 is 1.46 bits per heavy atom. The predicted molar refractivity (Wildman–Crippen MR) is 53.6 cm³/mol. The van der Waals surface area contributed by atoms with Crippen LogP contribution in [0.3, 0.4) is 0 Å². The summed E-state index contributed by atoms with van der Waals surface area (Å²) >= 11 is 0. The number of hydrogen-bond acceptors (Lipinski definition) is 2. The molecule has 1 amide bonds. The summed E-state index contributed by atoms with van der Waals surface area (Å²) in [5.74, 6) is 0.139. The van der Waals surface area contributed by atoms with Crippen LogP contribution in [0.4, 0.5) is 0 Å². The zero-order valence-electron chi connectivity index (χ0n) is 8.44. The van der Waals surface area contributed by atoms with Gasteiger partial charge >= 0.3 is 0 Å². The third-order valence-corrected chi connectivity index (χ3v) is 2.51. The van der Waals surface area contributed by atoms with Crippen molar-refractivity contribution in [3.8, 4) is 0 Å². The molecule has 2 N–H and O–H groups in total. The fraction of sp³-hybridized carbons (Fsp3) is 0.900. The molecule has 0 aromatic heterocycles. The quantitative estimate of drug-likeness (QED) is 0.606. The summed E-state index contributed by atoms with van der Waals surface area (Å²) < 4.78 is 0. The molecule has 1 aliphatic rings. The summed E-state index contributed by atoms with van der Waals surface area (Å²) in [4.78, 5) is 11.2. The molecule has 0 atom stereocenters. The number of amides is 1. The minimum Gasteiger partial charge on any atom is -0.355 e. The molecule has 0 radical (unpaired) electrons. The van der Waals surface area contributed by atoms with E-state index < -0.39 is 0 Å². The maximum absolute atomic E-state index is 11.2. The average molecular weight is 184 g/mol. The second-order valence-corrected chi connectivity index (χ2v) is 3.71. The zero-order chi connectivity index (χ0) is 9.52. The molecule has 0 spiro atoms. The van der Waals surface area contributed by atoms with Gasteiger partial charge in [-0.25, -0.2) is 0 Å². The van der Waals surface area contributed by atoms with Gasteiger partial charge in [-0.05, 0) is 19.3 Å². The molecule has 1 aliphatic carbocycles. The molecule has 0 saturated heterocycles. The van der Waals surface area contributed by atoms with E-state index >= 15 is 0 Å². The third-order valence-electron chi connectivity index (χ3n) is 2.51. The molecule has 1 fully saturated rings. The van der Waals surface area contributed by atoms with Crippen LogP contribution in [0, 0.1) is 0 Å². The summed E-state index contributed by atoms with van der Waals surface area (Å²) in [6.45, 7) is 3.44. The molecule has 3 nitrogen and oxygen atoms in total. The molecule has 0 heterocycles. The van der Waals surface area contributed by atoms with E-state index in [9.17, 15) is 4.79 Å². The smallest absolute Gasteiger partial charge is 0.233 e. The summed E-state index contributed by atoms with van der Waals surface area (Å²) in [6.07, 6.45) is 6.01. The number of carbonyl (C=O) groups excluding carboxylic acids is 1. The molecule has 0 aromatic carbocycles. The molecule has 0 unspecified atom stereocenters. The van der Waals surface area contributed by atoms with Gasteiger partial charge in [-0.15, -0.1) is 0 Å². The zero-order valence-corrected chi connectivity index (χ0v) is 8.44. The van der Waals surface area contributed by atoms with Crippen molar-refractivity contribution >= 4 is 5.91 Å². The van der Waals surface area contributed by atoms with Gasteiger partial charge in [0.2, 0.25) is 5.91 Å². The van der Waals surface area contributed by atoms with Crippen molar-refractivity contribution in [2.45, 2.75) is 45.1 Å². The number of carbonyl (C=O) groups is 1. The van der Waals surface area contributed by atoms with Crippen molar-refractivity contribution in [2.24, 2.45) is 0 Å². The SMILES string of the molecule is CCCCNC(=O)CNC1CCC1. The van der Waals surface area contributed by atoms with Crippen molar-refractivity contribution in [2.75, 3.05) is 13.1 Å². The lowest BCUT2D eigenvalue weighted by molar-refractivity contribution is -0.120. The maximum atomic E-state index is 11.2. The van der Waals surface area contributed by atoms with Gasteiger partial charge in [0.15, 0.2) is 0 Å². The van der Waals surface area contributed by atoms with Crippen LogP contribution in [0.2, 0.25) is 0 Å². The molecular formula is C10H20N2O. The highest BCUT2D eigenvalue weighted by molar-refractivity contribution is 5.77. The lowest BCUT2D eigenvalue weighted by atomic mass is 9.93. The van der Waals surface area contributed by atoms with Crippen LogP contribution in [0.5, 0.6) is 0 Å². The van der Waals surface area contributed by atoms with Crippen LogP contribution in [0.15, 0.2) is 0 Å². The summed E-state index contributed by atoms with van der Waals surface area (Å²) in [6, 6.07) is 0.608. The lowest BCUT2D eigenvalue weighted by Gasteiger charge is -2.26. The van der Waals surface area contributed by atoms with Gasteiger partial charge in [0.25, 0.3) is 0 Å². The number of hydrogen-bond donors (Lipinski definition) is 2. The predicted octanol–water partition coefficient (Wildman–Crippen LogP) is 1.04. The van der Waals surface area contributed by atoms with Gasteiger partial charge in [0.1, 0.15) is 0 Å². The largest absolute Gasteiger partial charge is 0.355 e. The van der Waals surface area contributed by atoms with Crippen LogP contribution < -0.4 is 10.6 Å². The first-order valence-corrected chi connectivity index (χ1v) is 5.33. The molecule has 13 heavy (non-hydrogen) atoms. The van der Waals surface area contributed by atoms with Crippen LogP contribution >= 0.6 is 0 Å². The van der Waals surface area contributed by atoms with Gasteiger partial charge in [-0.1, -0.05) is 19.8 Å². The minimum absolute atomic E-state index is 0.139. The topological polar surface area (TPSA) is 41.1 Å². The Morgan fingerprint density at radius 3 is 2.77 bits per heavy atom. The van der Waals surface area contributed by atoms with Crippen LogP contribution in [0.25, 0.3) is 0 Å². The Bertz CT molecular complexity index is 155. The highest BCUT2D eigenvalue weighted by atomic mass is 16.1. The molecule has 1 rings (SSSR count). The lowest BCUT2D eigenvalue weighted by Crippen LogP contribution is -2.42. The third kappa shape index (κ3) is 4.27. The first-order valence-electron chi connectivity index (χ1n) is 5.33. The minimum atomic E-state index is 0.139. The van der Waals surface area contributed by atoms with E-state index in [1.54, 1.807) is 0 Å². The van der Waals surface area contributed by atoms with E-state index in [0.717, 1.165) is 19.4 Å². The Kier molecular flexibility index (Phi) is 4.83. The summed E-state index contributed by atoms with van der Waals surface area (Å²) in [7, 11) is 0. The maximum Gasteiger partial charge on any atom is 0.233 e. The monoisotopic (exact) mass is 184 g/mol. The van der Waals surface area contributed by atoms with Gasteiger partial charge in [0.05, 0.1) is 6.54 Å². The van der Waals surface area contributed by atoms with Crippen molar-refractivity contribution in [1.82, 2.24) is 10.6 Å². The van der Waals surface area contributed by atoms with Crippen LogP contribution in [-0.2, 0) is 4.79 Å². The summed E-state index contributed by atoms with van der Waals surface area (Å²) in [5, 5.41) is 6.12. The number of nitrogens with one attached hydrogen (secondary N) is 2.